The highest BCUT2D eigenvalue weighted by Crippen LogP contribution is 2.40. The van der Waals surface area contributed by atoms with Crippen molar-refractivity contribution in [2.75, 3.05) is 0 Å². The van der Waals surface area contributed by atoms with Crippen molar-refractivity contribution in [1.29, 1.82) is 0 Å². The zero-order chi connectivity index (χ0) is 31.2. The second kappa shape index (κ2) is 32.1. The van der Waals surface area contributed by atoms with Crippen LogP contribution < -0.4 is 0 Å². The molecular formula is C38H68O. The Hall–Kier alpha value is -2.15. The first-order valence-electron chi connectivity index (χ1n) is 15.5. The highest BCUT2D eigenvalue weighted by atomic mass is 16.1. The van der Waals surface area contributed by atoms with Crippen LogP contribution in [0, 0.1) is 11.8 Å². The monoisotopic (exact) mass is 541 g/mol. The molecule has 1 aliphatic carbocycles. The van der Waals surface area contributed by atoms with Crippen molar-refractivity contribution in [3.8, 4) is 0 Å². The number of hydrogen-bond donors (Lipinski definition) is 0. The van der Waals surface area contributed by atoms with Gasteiger partial charge in [-0.1, -0.05) is 134 Å². The number of benzene rings is 1. The predicted molar refractivity (Wildman–Crippen MR) is 184 cm³/mol. The first kappa shape index (κ1) is 43.9. The lowest BCUT2D eigenvalue weighted by molar-refractivity contribution is -0.106. The third kappa shape index (κ3) is 32.0. The lowest BCUT2D eigenvalue weighted by Gasteiger charge is -2.11. The largest absolute Gasteiger partial charge is 0.304 e. The van der Waals surface area contributed by atoms with Gasteiger partial charge in [-0.3, -0.25) is 0 Å². The normalized spacial score (nSPS) is 13.4. The third-order valence-electron chi connectivity index (χ3n) is 6.44. The Morgan fingerprint density at radius 1 is 0.897 bits per heavy atom. The topological polar surface area (TPSA) is 17.1 Å². The van der Waals surface area contributed by atoms with Gasteiger partial charge in [-0.15, -0.1) is 6.58 Å². The fraction of sp³-hybridized carbons (Fsp3) is 0.605. The minimum Gasteiger partial charge on any atom is -0.304 e. The van der Waals surface area contributed by atoms with Crippen LogP contribution in [0.15, 0.2) is 66.8 Å². The van der Waals surface area contributed by atoms with Crippen LogP contribution in [-0.4, -0.2) is 6.29 Å². The summed E-state index contributed by atoms with van der Waals surface area (Å²) >= 11 is 0. The van der Waals surface area contributed by atoms with E-state index in [-0.39, 0.29) is 0 Å². The molecule has 0 aromatic heterocycles. The van der Waals surface area contributed by atoms with Crippen molar-refractivity contribution in [3.63, 3.8) is 0 Å². The standard InChI is InChI=1S/C15H20.C10H22.C5H8.C4H8.C2H4O.C2H6/c1-4-11(2)12(3)13-5-7-14(8-6-13)15-9-10-15;1-5-9(3)7-8-10(4)6-2;1-3-5-4-2;1-4(2)3;1-2-3;1-2/h5-8,15H,4,9-10H2,1-3H3;9-10H,5-8H2,1-4H3;3-5H,1H2,2H3;1H2,2-3H3;2H,1H3;1-2H3/b12-11-;;5-4-;;;. The van der Waals surface area contributed by atoms with Gasteiger partial charge in [0.1, 0.15) is 6.29 Å². The highest BCUT2D eigenvalue weighted by molar-refractivity contribution is 5.66. The number of carbonyl (C=O) groups is 1. The molecular weight excluding hydrogens is 472 g/mol. The summed E-state index contributed by atoms with van der Waals surface area (Å²) in [6, 6.07) is 9.17. The lowest BCUT2D eigenvalue weighted by atomic mass is 9.95. The van der Waals surface area contributed by atoms with E-state index in [0.29, 0.717) is 0 Å². The molecule has 1 nitrogen and oxygen atoms in total. The van der Waals surface area contributed by atoms with Gasteiger partial charge >= 0.3 is 0 Å². The average molecular weight is 541 g/mol. The van der Waals surface area contributed by atoms with Crippen LogP contribution in [-0.2, 0) is 4.79 Å². The average Bonchev–Trinajstić information content (AvgIpc) is 3.79. The summed E-state index contributed by atoms with van der Waals surface area (Å²) in [5.41, 5.74) is 7.02. The van der Waals surface area contributed by atoms with Crippen LogP contribution in [0.4, 0.5) is 0 Å². The number of allylic oxidation sites excluding steroid dienone is 6. The Bertz CT molecular complexity index is 729. The molecule has 0 spiro atoms. The van der Waals surface area contributed by atoms with Crippen molar-refractivity contribution in [1.82, 2.24) is 0 Å². The maximum Gasteiger partial charge on any atom is 0.116 e. The molecule has 1 aliphatic rings. The maximum absolute atomic E-state index is 8.81. The van der Waals surface area contributed by atoms with E-state index >= 15 is 0 Å². The van der Waals surface area contributed by atoms with Gasteiger partial charge in [0.2, 0.25) is 0 Å². The van der Waals surface area contributed by atoms with Gasteiger partial charge in [0.05, 0.1) is 0 Å². The fourth-order valence-electron chi connectivity index (χ4n) is 3.05. The molecule has 1 aromatic carbocycles. The maximum atomic E-state index is 8.81. The first-order chi connectivity index (χ1) is 18.5. The quantitative estimate of drug-likeness (QED) is 0.173. The Labute approximate surface area is 247 Å². The number of carbonyl (C=O) groups excluding carboxylic acids is 1. The van der Waals surface area contributed by atoms with Crippen LogP contribution in [0.5, 0.6) is 0 Å². The van der Waals surface area contributed by atoms with Crippen LogP contribution in [0.3, 0.4) is 0 Å². The smallest absolute Gasteiger partial charge is 0.116 e. The molecule has 0 heterocycles. The van der Waals surface area contributed by atoms with Gasteiger partial charge in [0.15, 0.2) is 0 Å². The summed E-state index contributed by atoms with van der Waals surface area (Å²) < 4.78 is 0. The molecule has 1 heteroatoms. The van der Waals surface area contributed by atoms with E-state index in [1.807, 2.05) is 46.8 Å². The molecule has 0 radical (unpaired) electrons. The summed E-state index contributed by atoms with van der Waals surface area (Å²) in [6.45, 7) is 34.3. The predicted octanol–water partition coefficient (Wildman–Crippen LogP) is 13.2. The summed E-state index contributed by atoms with van der Waals surface area (Å²) in [4.78, 5) is 8.81. The van der Waals surface area contributed by atoms with E-state index in [2.05, 4.69) is 85.9 Å². The molecule has 0 bridgehead atoms. The van der Waals surface area contributed by atoms with Crippen molar-refractivity contribution in [3.05, 3.63) is 77.9 Å². The summed E-state index contributed by atoms with van der Waals surface area (Å²) in [7, 11) is 0. The van der Waals surface area contributed by atoms with E-state index in [1.165, 1.54) is 73.3 Å². The van der Waals surface area contributed by atoms with Crippen LogP contribution in [0.25, 0.3) is 5.57 Å². The molecule has 2 rings (SSSR count). The van der Waals surface area contributed by atoms with E-state index in [9.17, 15) is 0 Å². The van der Waals surface area contributed by atoms with Crippen molar-refractivity contribution in [2.45, 2.75) is 141 Å². The highest BCUT2D eigenvalue weighted by Gasteiger charge is 2.22. The molecule has 226 valence electrons. The first-order valence-corrected chi connectivity index (χ1v) is 15.5. The van der Waals surface area contributed by atoms with E-state index in [4.69, 9.17) is 4.79 Å². The molecule has 1 aromatic rings. The van der Waals surface area contributed by atoms with Gasteiger partial charge in [-0.2, -0.15) is 0 Å². The zero-order valence-electron chi connectivity index (χ0n) is 28.6. The molecule has 1 fully saturated rings. The van der Waals surface area contributed by atoms with Gasteiger partial charge in [-0.25, -0.2) is 0 Å². The molecule has 39 heavy (non-hydrogen) atoms. The Kier molecular flexibility index (Phi) is 36.1. The summed E-state index contributed by atoms with van der Waals surface area (Å²) in [5.74, 6) is 2.75. The Morgan fingerprint density at radius 2 is 1.28 bits per heavy atom. The molecule has 0 N–H and O–H groups in total. The number of hydrogen-bond acceptors (Lipinski definition) is 1. The lowest BCUT2D eigenvalue weighted by Crippen LogP contribution is -1.97. The van der Waals surface area contributed by atoms with Crippen molar-refractivity contribution < 1.29 is 4.79 Å². The molecule has 2 atom stereocenters. The van der Waals surface area contributed by atoms with Gasteiger partial charge < -0.3 is 4.79 Å². The minimum atomic E-state index is 0.750. The number of rotatable bonds is 9. The summed E-state index contributed by atoms with van der Waals surface area (Å²) in [6.07, 6.45) is 15.8. The second-order valence-corrected chi connectivity index (χ2v) is 10.5. The Balaban J connectivity index is -0.000000221. The molecule has 0 aliphatic heterocycles. The second-order valence-electron chi connectivity index (χ2n) is 10.5. The molecule has 2 unspecified atom stereocenters. The van der Waals surface area contributed by atoms with Crippen LogP contribution >= 0.6 is 0 Å². The third-order valence-corrected chi connectivity index (χ3v) is 6.44. The molecule has 0 amide bonds. The fourth-order valence-corrected chi connectivity index (χ4v) is 3.05. The van der Waals surface area contributed by atoms with E-state index < -0.39 is 0 Å². The van der Waals surface area contributed by atoms with Crippen molar-refractivity contribution >= 4 is 11.9 Å². The van der Waals surface area contributed by atoms with Gasteiger partial charge in [0.25, 0.3) is 0 Å². The molecule has 0 saturated heterocycles. The van der Waals surface area contributed by atoms with Crippen LogP contribution in [0.1, 0.15) is 152 Å². The zero-order valence-corrected chi connectivity index (χ0v) is 28.6. The van der Waals surface area contributed by atoms with E-state index in [0.717, 1.165) is 30.5 Å². The number of aldehydes is 1. The van der Waals surface area contributed by atoms with Crippen LogP contribution in [0.2, 0.25) is 0 Å². The van der Waals surface area contributed by atoms with Crippen molar-refractivity contribution in [2.24, 2.45) is 11.8 Å². The van der Waals surface area contributed by atoms with Gasteiger partial charge in [0, 0.05) is 0 Å². The minimum absolute atomic E-state index is 0.750. The molecule has 1 saturated carbocycles. The van der Waals surface area contributed by atoms with E-state index in [1.54, 1.807) is 6.08 Å². The summed E-state index contributed by atoms with van der Waals surface area (Å²) in [5, 5.41) is 0. The Morgan fingerprint density at radius 3 is 1.51 bits per heavy atom. The van der Waals surface area contributed by atoms with Gasteiger partial charge in [-0.05, 0) is 95.3 Å². The SMILES string of the molecule is C=C(C)C.C=C/C=C\C.CC.CC/C(C)=C(/C)c1ccc(C2CC2)cc1.CC=O.CCC(C)CCC(C)CC.